The van der Waals surface area contributed by atoms with Gasteiger partial charge in [-0.15, -0.1) is 0 Å². The average molecular weight is 287 g/mol. The molecule has 0 aromatic carbocycles. The molecule has 1 aromatic rings. The van der Waals surface area contributed by atoms with Crippen molar-refractivity contribution < 1.29 is 9.53 Å². The highest BCUT2D eigenvalue weighted by molar-refractivity contribution is 9.10. The molecular formula is C11H15BrN2O2. The lowest BCUT2D eigenvalue weighted by molar-refractivity contribution is -0.143. The fourth-order valence-electron chi connectivity index (χ4n) is 1.35. The van der Waals surface area contributed by atoms with Crippen LogP contribution in [0.1, 0.15) is 19.5 Å². The van der Waals surface area contributed by atoms with E-state index in [4.69, 9.17) is 5.73 Å². The SMILES string of the molecule is COC(=O)C(N)C(C)(C)c1cccc(Br)n1. The molecule has 0 saturated carbocycles. The number of ether oxygens (including phenoxy) is 1. The van der Waals surface area contributed by atoms with Gasteiger partial charge in [0.25, 0.3) is 0 Å². The monoisotopic (exact) mass is 286 g/mol. The molecule has 1 atom stereocenters. The molecule has 1 unspecified atom stereocenters. The van der Waals surface area contributed by atoms with Crippen molar-refractivity contribution in [2.75, 3.05) is 7.11 Å². The summed E-state index contributed by atoms with van der Waals surface area (Å²) in [6, 6.07) is 4.79. The number of hydrogen-bond donors (Lipinski definition) is 1. The van der Waals surface area contributed by atoms with E-state index in [0.29, 0.717) is 0 Å². The van der Waals surface area contributed by atoms with E-state index < -0.39 is 17.4 Å². The van der Waals surface area contributed by atoms with Gasteiger partial charge in [0.15, 0.2) is 0 Å². The number of nitrogens with two attached hydrogens (primary N) is 1. The van der Waals surface area contributed by atoms with E-state index in [1.165, 1.54) is 7.11 Å². The second kappa shape index (κ2) is 4.93. The molecular weight excluding hydrogens is 272 g/mol. The fourth-order valence-corrected chi connectivity index (χ4v) is 1.69. The van der Waals surface area contributed by atoms with Crippen molar-refractivity contribution in [1.82, 2.24) is 4.98 Å². The predicted molar refractivity (Wildman–Crippen MR) is 65.0 cm³/mol. The first-order valence-electron chi connectivity index (χ1n) is 4.86. The Hall–Kier alpha value is -0.940. The van der Waals surface area contributed by atoms with Crippen molar-refractivity contribution in [1.29, 1.82) is 0 Å². The topological polar surface area (TPSA) is 65.2 Å². The predicted octanol–water partition coefficient (Wildman–Crippen LogP) is 1.62. The summed E-state index contributed by atoms with van der Waals surface area (Å²) in [7, 11) is 1.33. The number of aromatic nitrogens is 1. The Morgan fingerprint density at radius 1 is 1.56 bits per heavy atom. The van der Waals surface area contributed by atoms with Gasteiger partial charge < -0.3 is 10.5 Å². The smallest absolute Gasteiger partial charge is 0.323 e. The Balaban J connectivity index is 3.05. The lowest BCUT2D eigenvalue weighted by Gasteiger charge is -2.29. The minimum Gasteiger partial charge on any atom is -0.468 e. The molecule has 2 N–H and O–H groups in total. The van der Waals surface area contributed by atoms with E-state index >= 15 is 0 Å². The zero-order chi connectivity index (χ0) is 12.3. The molecule has 88 valence electrons. The minimum absolute atomic E-state index is 0.438. The molecule has 1 heterocycles. The van der Waals surface area contributed by atoms with Gasteiger partial charge in [-0.1, -0.05) is 19.9 Å². The lowest BCUT2D eigenvalue weighted by atomic mass is 9.81. The maximum absolute atomic E-state index is 11.4. The highest BCUT2D eigenvalue weighted by Crippen LogP contribution is 2.26. The number of halogens is 1. The molecule has 0 aliphatic carbocycles. The molecule has 0 spiro atoms. The molecule has 1 rings (SSSR count). The van der Waals surface area contributed by atoms with E-state index in [9.17, 15) is 4.79 Å². The Morgan fingerprint density at radius 2 is 2.19 bits per heavy atom. The summed E-state index contributed by atoms with van der Waals surface area (Å²) in [5.74, 6) is -0.438. The summed E-state index contributed by atoms with van der Waals surface area (Å²) >= 11 is 3.29. The summed E-state index contributed by atoms with van der Waals surface area (Å²) in [5, 5.41) is 0. The lowest BCUT2D eigenvalue weighted by Crippen LogP contribution is -2.47. The van der Waals surface area contributed by atoms with Crippen LogP contribution in [0.5, 0.6) is 0 Å². The molecule has 0 aliphatic rings. The van der Waals surface area contributed by atoms with Gasteiger partial charge >= 0.3 is 5.97 Å². The van der Waals surface area contributed by atoms with Crippen LogP contribution in [0.2, 0.25) is 0 Å². The molecule has 0 radical (unpaired) electrons. The number of nitrogens with zero attached hydrogens (tertiary/aromatic N) is 1. The minimum atomic E-state index is -0.737. The molecule has 0 amide bonds. The highest BCUT2D eigenvalue weighted by Gasteiger charge is 2.35. The third-order valence-corrected chi connectivity index (χ3v) is 3.05. The van der Waals surface area contributed by atoms with Gasteiger partial charge in [0.05, 0.1) is 7.11 Å². The Morgan fingerprint density at radius 3 is 2.69 bits per heavy atom. The Kier molecular flexibility index (Phi) is 4.04. The van der Waals surface area contributed by atoms with Crippen LogP contribution in [0.3, 0.4) is 0 Å². The number of methoxy groups -OCH3 is 1. The van der Waals surface area contributed by atoms with E-state index in [2.05, 4.69) is 25.7 Å². The molecule has 1 aromatic heterocycles. The zero-order valence-electron chi connectivity index (χ0n) is 9.53. The first-order valence-corrected chi connectivity index (χ1v) is 5.65. The van der Waals surface area contributed by atoms with Crippen LogP contribution >= 0.6 is 15.9 Å². The number of carbonyl (C=O) groups is 1. The van der Waals surface area contributed by atoms with Gasteiger partial charge in [-0.2, -0.15) is 0 Å². The van der Waals surface area contributed by atoms with E-state index in [-0.39, 0.29) is 0 Å². The molecule has 0 bridgehead atoms. The summed E-state index contributed by atoms with van der Waals surface area (Å²) < 4.78 is 5.36. The third-order valence-electron chi connectivity index (χ3n) is 2.61. The highest BCUT2D eigenvalue weighted by atomic mass is 79.9. The first-order chi connectivity index (χ1) is 7.39. The van der Waals surface area contributed by atoms with Gasteiger partial charge in [-0.3, -0.25) is 4.79 Å². The molecule has 0 saturated heterocycles. The number of hydrogen-bond acceptors (Lipinski definition) is 4. The van der Waals surface area contributed by atoms with Crippen LogP contribution in [0.4, 0.5) is 0 Å². The second-order valence-corrected chi connectivity index (χ2v) is 4.88. The Bertz CT molecular complexity index is 393. The second-order valence-electron chi connectivity index (χ2n) is 4.07. The van der Waals surface area contributed by atoms with Crippen molar-refractivity contribution >= 4 is 21.9 Å². The first kappa shape index (κ1) is 13.1. The number of rotatable bonds is 3. The number of carbonyl (C=O) groups excluding carboxylic acids is 1. The van der Waals surface area contributed by atoms with Gasteiger partial charge in [-0.25, -0.2) is 4.98 Å². The number of esters is 1. The van der Waals surface area contributed by atoms with Crippen molar-refractivity contribution in [3.63, 3.8) is 0 Å². The normalized spacial score (nSPS) is 13.3. The summed E-state index contributed by atoms with van der Waals surface area (Å²) in [5.41, 5.74) is 6.04. The molecule has 16 heavy (non-hydrogen) atoms. The van der Waals surface area contributed by atoms with Gasteiger partial charge in [0.1, 0.15) is 10.6 Å². The van der Waals surface area contributed by atoms with Crippen molar-refractivity contribution in [2.24, 2.45) is 5.73 Å². The van der Waals surface area contributed by atoms with Crippen LogP contribution in [0.25, 0.3) is 0 Å². The summed E-state index contributed by atoms with van der Waals surface area (Å²) in [4.78, 5) is 15.7. The van der Waals surface area contributed by atoms with Crippen LogP contribution in [-0.2, 0) is 14.9 Å². The van der Waals surface area contributed by atoms with Gasteiger partial charge in [0, 0.05) is 11.1 Å². The maximum Gasteiger partial charge on any atom is 0.323 e. The molecule has 5 heteroatoms. The molecule has 4 nitrogen and oxygen atoms in total. The summed E-state index contributed by atoms with van der Waals surface area (Å²) in [6.07, 6.45) is 0. The molecule has 0 aliphatic heterocycles. The van der Waals surface area contributed by atoms with Crippen LogP contribution in [0, 0.1) is 0 Å². The zero-order valence-corrected chi connectivity index (χ0v) is 11.1. The standard InChI is InChI=1S/C11H15BrN2O2/c1-11(2,9(13)10(15)16-3)7-5-4-6-8(12)14-7/h4-6,9H,13H2,1-3H3. The van der Waals surface area contributed by atoms with Crippen molar-refractivity contribution in [3.8, 4) is 0 Å². The van der Waals surface area contributed by atoms with E-state index in [1.54, 1.807) is 0 Å². The van der Waals surface area contributed by atoms with Crippen LogP contribution in [0.15, 0.2) is 22.8 Å². The molecule has 0 fully saturated rings. The quantitative estimate of drug-likeness (QED) is 0.677. The van der Waals surface area contributed by atoms with Crippen LogP contribution in [-0.4, -0.2) is 24.1 Å². The Labute approximate surface area is 103 Å². The average Bonchev–Trinajstić information content (AvgIpc) is 2.27. The summed E-state index contributed by atoms with van der Waals surface area (Å²) in [6.45, 7) is 3.73. The third kappa shape index (κ3) is 2.59. The van der Waals surface area contributed by atoms with Gasteiger partial charge in [-0.05, 0) is 28.1 Å². The van der Waals surface area contributed by atoms with E-state index in [0.717, 1.165) is 10.3 Å². The fraction of sp³-hybridized carbons (Fsp3) is 0.455. The van der Waals surface area contributed by atoms with Gasteiger partial charge in [0.2, 0.25) is 0 Å². The maximum atomic E-state index is 11.4. The van der Waals surface area contributed by atoms with Crippen molar-refractivity contribution in [3.05, 3.63) is 28.5 Å². The van der Waals surface area contributed by atoms with E-state index in [1.807, 2.05) is 32.0 Å². The number of pyridine rings is 1. The van der Waals surface area contributed by atoms with Crippen LogP contribution < -0.4 is 5.73 Å². The van der Waals surface area contributed by atoms with Crippen molar-refractivity contribution in [2.45, 2.75) is 25.3 Å². The largest absolute Gasteiger partial charge is 0.468 e.